The minimum atomic E-state index is -1.50. The van der Waals surface area contributed by atoms with Gasteiger partial charge in [0.25, 0.3) is 0 Å². The molecule has 24 heavy (non-hydrogen) atoms. The summed E-state index contributed by atoms with van der Waals surface area (Å²) >= 11 is 0. The van der Waals surface area contributed by atoms with Gasteiger partial charge in [0, 0.05) is 26.2 Å². The van der Waals surface area contributed by atoms with Crippen LogP contribution < -0.4 is 10.6 Å². The van der Waals surface area contributed by atoms with Crippen molar-refractivity contribution in [3.63, 3.8) is 0 Å². The maximum absolute atomic E-state index is 4.62. The molecule has 4 nitrogen and oxygen atoms in total. The molecule has 3 unspecified atom stereocenters. The Balaban J connectivity index is 1.57. The molecule has 0 radical (unpaired) electrons. The molecule has 1 saturated carbocycles. The number of hydrogen-bond acceptors (Lipinski definition) is 4. The van der Waals surface area contributed by atoms with Crippen LogP contribution in [0.25, 0.3) is 5.57 Å². The first-order valence-corrected chi connectivity index (χ1v) is 12.2. The van der Waals surface area contributed by atoms with Gasteiger partial charge in [0.15, 0.2) is 0 Å². The molecule has 2 heterocycles. The van der Waals surface area contributed by atoms with Crippen molar-refractivity contribution in [2.24, 2.45) is 11.8 Å². The fourth-order valence-corrected chi connectivity index (χ4v) is 8.53. The van der Waals surface area contributed by atoms with Crippen LogP contribution in [0, 0.1) is 11.8 Å². The number of aromatic nitrogens is 1. The van der Waals surface area contributed by atoms with Gasteiger partial charge in [-0.25, -0.2) is 0 Å². The Labute approximate surface area is 146 Å². The molecule has 128 valence electrons. The molecule has 2 N–H and O–H groups in total. The van der Waals surface area contributed by atoms with Gasteiger partial charge >= 0.3 is 0 Å². The first-order chi connectivity index (χ1) is 11.7. The molecular weight excluding hydrogens is 312 g/mol. The van der Waals surface area contributed by atoms with Gasteiger partial charge in [-0.2, -0.15) is 0 Å². The summed E-state index contributed by atoms with van der Waals surface area (Å²) in [6.07, 6.45) is 11.6. The average molecular weight is 341 g/mol. The van der Waals surface area contributed by atoms with E-state index in [1.807, 2.05) is 12.3 Å². The second-order valence-corrected chi connectivity index (χ2v) is 12.5. The van der Waals surface area contributed by atoms with Crippen molar-refractivity contribution in [3.8, 4) is 0 Å². The molecular formula is C19H28N4Si. The number of hydrogen-bond donors (Lipinski definition) is 2. The third kappa shape index (κ3) is 2.79. The normalized spacial score (nSPS) is 30.9. The molecule has 2 fully saturated rings. The van der Waals surface area contributed by atoms with E-state index in [1.165, 1.54) is 24.1 Å². The second kappa shape index (κ2) is 6.56. The van der Waals surface area contributed by atoms with Crippen LogP contribution in [-0.4, -0.2) is 37.8 Å². The second-order valence-electron chi connectivity index (χ2n) is 7.78. The van der Waals surface area contributed by atoms with E-state index in [9.17, 15) is 0 Å². The van der Waals surface area contributed by atoms with Gasteiger partial charge in [0.2, 0.25) is 0 Å². The van der Waals surface area contributed by atoms with Gasteiger partial charge in [-0.3, -0.25) is 20.2 Å². The Morgan fingerprint density at radius 3 is 2.75 bits per heavy atom. The summed E-state index contributed by atoms with van der Waals surface area (Å²) in [6.45, 7) is 8.12. The number of allylic oxidation sites excluding steroid dienone is 4. The Morgan fingerprint density at radius 2 is 2.00 bits per heavy atom. The van der Waals surface area contributed by atoms with E-state index < -0.39 is 8.24 Å². The predicted molar refractivity (Wildman–Crippen MR) is 102 cm³/mol. The fourth-order valence-electron chi connectivity index (χ4n) is 4.87. The molecule has 2 aliphatic carbocycles. The topological polar surface area (TPSA) is 40.2 Å². The monoisotopic (exact) mass is 340 g/mol. The predicted octanol–water partition coefficient (Wildman–Crippen LogP) is 3.00. The van der Waals surface area contributed by atoms with Crippen molar-refractivity contribution < 1.29 is 0 Å². The van der Waals surface area contributed by atoms with E-state index in [0.29, 0.717) is 11.8 Å². The molecule has 3 aliphatic rings. The number of pyridine rings is 1. The number of rotatable bonds is 3. The van der Waals surface area contributed by atoms with E-state index >= 15 is 0 Å². The molecule has 1 aromatic heterocycles. The van der Waals surface area contributed by atoms with E-state index in [0.717, 1.165) is 25.5 Å². The summed E-state index contributed by atoms with van der Waals surface area (Å²) in [5.41, 5.74) is 3.43. The van der Waals surface area contributed by atoms with Gasteiger partial charge < -0.3 is 0 Å². The van der Waals surface area contributed by atoms with Crippen LogP contribution in [0.15, 0.2) is 42.6 Å². The number of fused-ring (bicyclic) bond motifs is 1. The van der Waals surface area contributed by atoms with E-state index in [1.54, 1.807) is 0 Å². The van der Waals surface area contributed by atoms with Crippen molar-refractivity contribution >= 4 is 13.8 Å². The third-order valence-corrected chi connectivity index (χ3v) is 10.7. The molecule has 3 atom stereocenters. The largest absolute Gasteiger partial charge is 0.299 e. The van der Waals surface area contributed by atoms with E-state index in [-0.39, 0.29) is 0 Å². The van der Waals surface area contributed by atoms with Crippen LogP contribution in [0.3, 0.4) is 0 Å². The van der Waals surface area contributed by atoms with Gasteiger partial charge in [-0.1, -0.05) is 43.8 Å². The Kier molecular flexibility index (Phi) is 4.43. The molecule has 1 saturated heterocycles. The summed E-state index contributed by atoms with van der Waals surface area (Å²) in [6, 6.07) is 6.27. The van der Waals surface area contributed by atoms with E-state index in [4.69, 9.17) is 0 Å². The highest BCUT2D eigenvalue weighted by Gasteiger charge is 2.48. The van der Waals surface area contributed by atoms with Crippen molar-refractivity contribution in [1.82, 2.24) is 20.2 Å². The van der Waals surface area contributed by atoms with Gasteiger partial charge in [-0.05, 0) is 41.5 Å². The van der Waals surface area contributed by atoms with Gasteiger partial charge in [-0.15, -0.1) is 0 Å². The lowest BCUT2D eigenvalue weighted by molar-refractivity contribution is 0.283. The van der Waals surface area contributed by atoms with Crippen LogP contribution >= 0.6 is 0 Å². The van der Waals surface area contributed by atoms with Crippen molar-refractivity contribution in [1.29, 1.82) is 0 Å². The smallest absolute Gasteiger partial charge is 0.128 e. The molecule has 0 aromatic carbocycles. The minimum absolute atomic E-state index is 0.646. The molecule has 1 aromatic rings. The first kappa shape index (κ1) is 16.2. The summed E-state index contributed by atoms with van der Waals surface area (Å²) in [7, 11) is -1.50. The Hall–Kier alpha value is -1.27. The van der Waals surface area contributed by atoms with Gasteiger partial charge in [0.05, 0.1) is 5.69 Å². The first-order valence-electron chi connectivity index (χ1n) is 9.14. The SMILES string of the molecule is C[Si](C)(C1CCC2C(c3ccccn3)=CC=CC21)N1CNCNC1. The average Bonchev–Trinajstić information content (AvgIpc) is 3.08. The third-order valence-electron chi connectivity index (χ3n) is 6.26. The fraction of sp³-hybridized carbons (Fsp3) is 0.526. The van der Waals surface area contributed by atoms with Crippen LogP contribution in [0.4, 0.5) is 0 Å². The summed E-state index contributed by atoms with van der Waals surface area (Å²) < 4.78 is 2.69. The van der Waals surface area contributed by atoms with Crippen LogP contribution in [0.1, 0.15) is 18.5 Å². The van der Waals surface area contributed by atoms with Crippen molar-refractivity contribution in [2.45, 2.75) is 31.5 Å². The summed E-state index contributed by atoms with van der Waals surface area (Å²) in [4.78, 5) is 4.62. The van der Waals surface area contributed by atoms with Crippen LogP contribution in [-0.2, 0) is 0 Å². The lowest BCUT2D eigenvalue weighted by Crippen LogP contribution is -2.63. The quantitative estimate of drug-likeness (QED) is 0.830. The Bertz CT molecular complexity index is 634. The standard InChI is InChI=1S/C19H28N4Si/c1-24(2,23-13-20-12-21-14-23)19-10-9-15-16(6-5-7-17(15)19)18-8-3-4-11-22-18/h3-8,11,15,17,19-21H,9-10,12-14H2,1-2H3. The van der Waals surface area contributed by atoms with Crippen LogP contribution in [0.5, 0.6) is 0 Å². The highest BCUT2D eigenvalue weighted by molar-refractivity contribution is 6.76. The van der Waals surface area contributed by atoms with Crippen LogP contribution in [0.2, 0.25) is 18.6 Å². The van der Waals surface area contributed by atoms with Gasteiger partial charge in [0.1, 0.15) is 8.24 Å². The highest BCUT2D eigenvalue weighted by Crippen LogP contribution is 2.53. The molecule has 0 bridgehead atoms. The lowest BCUT2D eigenvalue weighted by Gasteiger charge is -2.45. The zero-order chi connectivity index (χ0) is 16.6. The lowest BCUT2D eigenvalue weighted by atomic mass is 9.83. The van der Waals surface area contributed by atoms with Crippen molar-refractivity contribution in [2.75, 3.05) is 20.0 Å². The minimum Gasteiger partial charge on any atom is -0.299 e. The molecule has 4 rings (SSSR count). The summed E-state index contributed by atoms with van der Waals surface area (Å²) in [5, 5.41) is 6.96. The molecule has 0 spiro atoms. The highest BCUT2D eigenvalue weighted by atomic mass is 28.3. The zero-order valence-corrected chi connectivity index (χ0v) is 15.7. The maximum Gasteiger partial charge on any atom is 0.128 e. The Morgan fingerprint density at radius 1 is 1.17 bits per heavy atom. The molecule has 0 amide bonds. The van der Waals surface area contributed by atoms with E-state index in [2.05, 4.69) is 63.6 Å². The van der Waals surface area contributed by atoms with Crippen molar-refractivity contribution in [3.05, 3.63) is 48.3 Å². The molecule has 1 aliphatic heterocycles. The summed E-state index contributed by atoms with van der Waals surface area (Å²) in [5.74, 6) is 1.32. The number of nitrogens with zero attached hydrogens (tertiary/aromatic N) is 2. The number of nitrogens with one attached hydrogen (secondary N) is 2. The maximum atomic E-state index is 4.62. The molecule has 5 heteroatoms. The zero-order valence-electron chi connectivity index (χ0n) is 14.7.